The van der Waals surface area contributed by atoms with E-state index in [1.807, 2.05) is 35.2 Å². The van der Waals surface area contributed by atoms with Crippen molar-refractivity contribution in [1.29, 1.82) is 0 Å². The van der Waals surface area contributed by atoms with Gasteiger partial charge >= 0.3 is 6.09 Å². The summed E-state index contributed by atoms with van der Waals surface area (Å²) in [6.07, 6.45) is 8.77. The molecule has 1 aromatic carbocycles. The molecule has 2 fully saturated rings. The number of carbonyl (C=O) groups excluding carboxylic acids is 3. The lowest BCUT2D eigenvalue weighted by atomic mass is 9.80. The number of benzene rings is 1. The topological polar surface area (TPSA) is 91.0 Å². The monoisotopic (exact) mass is 542 g/mol. The van der Waals surface area contributed by atoms with Crippen LogP contribution >= 0.6 is 0 Å². The quantitative estimate of drug-likeness (QED) is 0.309. The molecule has 1 aromatic rings. The summed E-state index contributed by atoms with van der Waals surface area (Å²) < 4.78 is 5.24. The van der Waals surface area contributed by atoms with E-state index in [0.29, 0.717) is 44.7 Å². The molecule has 2 aliphatic heterocycles. The Labute approximate surface area is 235 Å². The highest BCUT2D eigenvalue weighted by molar-refractivity contribution is 6.00. The Morgan fingerprint density at radius 3 is 2.49 bits per heavy atom. The van der Waals surface area contributed by atoms with Crippen LogP contribution in [0.3, 0.4) is 0 Å². The summed E-state index contributed by atoms with van der Waals surface area (Å²) in [4.78, 5) is 43.4. The van der Waals surface area contributed by atoms with Gasteiger partial charge in [0.05, 0.1) is 0 Å². The maximum absolute atomic E-state index is 13.6. The number of nitrogens with zero attached hydrogens (tertiary/aromatic N) is 2. The molecule has 0 aliphatic carbocycles. The van der Waals surface area contributed by atoms with Crippen molar-refractivity contribution in [2.45, 2.75) is 103 Å². The predicted molar refractivity (Wildman–Crippen MR) is 154 cm³/mol. The van der Waals surface area contributed by atoms with Crippen LogP contribution in [0.15, 0.2) is 30.3 Å². The van der Waals surface area contributed by atoms with Crippen LogP contribution in [-0.4, -0.2) is 72.0 Å². The number of ether oxygens (including phenoxy) is 1. The normalized spacial score (nSPS) is 20.1. The van der Waals surface area contributed by atoms with E-state index in [1.165, 1.54) is 25.7 Å². The van der Waals surface area contributed by atoms with E-state index >= 15 is 0 Å². The Bertz CT molecular complexity index is 901. The van der Waals surface area contributed by atoms with Crippen LogP contribution in [0.2, 0.25) is 0 Å². The molecule has 8 nitrogen and oxygen atoms in total. The third kappa shape index (κ3) is 8.69. The largest absolute Gasteiger partial charge is 0.445 e. The van der Waals surface area contributed by atoms with Crippen molar-refractivity contribution >= 4 is 17.9 Å². The van der Waals surface area contributed by atoms with Gasteiger partial charge in [-0.3, -0.25) is 9.59 Å². The molecule has 8 heteroatoms. The fourth-order valence-electron chi connectivity index (χ4n) is 5.94. The molecule has 1 unspecified atom stereocenters. The Kier molecular flexibility index (Phi) is 12.6. The minimum atomic E-state index is -0.713. The first-order valence-corrected chi connectivity index (χ1v) is 15.2. The molecule has 2 N–H and O–H groups in total. The summed E-state index contributed by atoms with van der Waals surface area (Å²) in [6.45, 7) is 10.7. The number of rotatable bonds is 15. The standard InChI is InChI=1S/C31H50N4O4/c1-4-7-13-25(6-3)23-34-21-17-31(18-22-34)29(37)33-27(28(36)35(31)20-5-2)16-11-12-19-32-30(38)39-24-26-14-9-8-10-15-26/h8-10,14-15,25,27H,4-7,11-13,16-24H2,1-3H3,(H,32,38)(H,33,37)/t25?,27-/m0/s1. The summed E-state index contributed by atoms with van der Waals surface area (Å²) in [6, 6.07) is 9.07. The van der Waals surface area contributed by atoms with Gasteiger partial charge in [-0.1, -0.05) is 70.4 Å². The van der Waals surface area contributed by atoms with Crippen molar-refractivity contribution < 1.29 is 19.1 Å². The van der Waals surface area contributed by atoms with Crippen LogP contribution in [0.4, 0.5) is 4.79 Å². The summed E-state index contributed by atoms with van der Waals surface area (Å²) in [5.41, 5.74) is 0.228. The molecule has 0 saturated carbocycles. The molecule has 2 atom stereocenters. The molecule has 39 heavy (non-hydrogen) atoms. The maximum Gasteiger partial charge on any atom is 0.407 e. The zero-order valence-electron chi connectivity index (χ0n) is 24.4. The van der Waals surface area contributed by atoms with Crippen molar-refractivity contribution in [2.24, 2.45) is 5.92 Å². The van der Waals surface area contributed by atoms with Crippen molar-refractivity contribution in [3.8, 4) is 0 Å². The highest BCUT2D eigenvalue weighted by Gasteiger charge is 2.53. The second-order valence-corrected chi connectivity index (χ2v) is 11.2. The molecular formula is C31H50N4O4. The first-order chi connectivity index (χ1) is 18.9. The SMILES string of the molecule is CCCCC(CC)CN1CCC2(CC1)C(=O)N[C@@H](CCCCNC(=O)OCc1ccccc1)C(=O)N2CCC. The molecule has 0 radical (unpaired) electrons. The molecule has 3 amide bonds. The fourth-order valence-corrected chi connectivity index (χ4v) is 5.94. The van der Waals surface area contributed by atoms with E-state index in [9.17, 15) is 14.4 Å². The molecule has 218 valence electrons. The number of amides is 3. The molecular weight excluding hydrogens is 492 g/mol. The summed E-state index contributed by atoms with van der Waals surface area (Å²) in [5, 5.41) is 5.86. The highest BCUT2D eigenvalue weighted by Crippen LogP contribution is 2.34. The Morgan fingerprint density at radius 2 is 1.82 bits per heavy atom. The van der Waals surface area contributed by atoms with Crippen LogP contribution in [0.5, 0.6) is 0 Å². The fraction of sp³-hybridized carbons (Fsp3) is 0.710. The summed E-state index contributed by atoms with van der Waals surface area (Å²) in [7, 11) is 0. The number of alkyl carbamates (subject to hydrolysis) is 1. The number of unbranched alkanes of at least 4 members (excludes halogenated alkanes) is 2. The minimum absolute atomic E-state index is 0.0147. The van der Waals surface area contributed by atoms with Crippen LogP contribution in [-0.2, 0) is 20.9 Å². The summed E-state index contributed by atoms with van der Waals surface area (Å²) in [5.74, 6) is 0.771. The molecule has 0 bridgehead atoms. The number of hydrogen-bond donors (Lipinski definition) is 2. The highest BCUT2D eigenvalue weighted by atomic mass is 16.5. The van der Waals surface area contributed by atoms with Gasteiger partial charge in [0.2, 0.25) is 11.8 Å². The smallest absolute Gasteiger partial charge is 0.407 e. The van der Waals surface area contributed by atoms with E-state index in [2.05, 4.69) is 36.3 Å². The lowest BCUT2D eigenvalue weighted by Gasteiger charge is -2.52. The minimum Gasteiger partial charge on any atom is -0.445 e. The van der Waals surface area contributed by atoms with Gasteiger partial charge in [0.25, 0.3) is 0 Å². The zero-order valence-corrected chi connectivity index (χ0v) is 24.4. The van der Waals surface area contributed by atoms with Crippen LogP contribution in [0.25, 0.3) is 0 Å². The van der Waals surface area contributed by atoms with E-state index in [0.717, 1.165) is 38.0 Å². The molecule has 3 rings (SSSR count). The van der Waals surface area contributed by atoms with Gasteiger partial charge in [-0.2, -0.15) is 0 Å². The van der Waals surface area contributed by atoms with E-state index in [1.54, 1.807) is 0 Å². The van der Waals surface area contributed by atoms with Crippen molar-refractivity contribution in [1.82, 2.24) is 20.4 Å². The molecule has 2 saturated heterocycles. The number of likely N-dealkylation sites (tertiary alicyclic amines) is 1. The van der Waals surface area contributed by atoms with E-state index in [-0.39, 0.29) is 18.4 Å². The average Bonchev–Trinajstić information content (AvgIpc) is 2.96. The maximum atomic E-state index is 13.6. The Balaban J connectivity index is 1.44. The number of piperazine rings is 1. The second-order valence-electron chi connectivity index (χ2n) is 11.2. The number of nitrogens with one attached hydrogen (secondary N) is 2. The van der Waals surface area contributed by atoms with Crippen molar-refractivity contribution in [2.75, 3.05) is 32.7 Å². The van der Waals surface area contributed by atoms with Crippen LogP contribution in [0, 0.1) is 5.92 Å². The third-order valence-corrected chi connectivity index (χ3v) is 8.40. The lowest BCUT2D eigenvalue weighted by molar-refractivity contribution is -0.161. The molecule has 1 spiro atoms. The van der Waals surface area contributed by atoms with E-state index in [4.69, 9.17) is 4.74 Å². The van der Waals surface area contributed by atoms with Crippen molar-refractivity contribution in [3.63, 3.8) is 0 Å². The Morgan fingerprint density at radius 1 is 1.08 bits per heavy atom. The van der Waals surface area contributed by atoms with Crippen LogP contribution in [0.1, 0.15) is 90.5 Å². The average molecular weight is 543 g/mol. The lowest BCUT2D eigenvalue weighted by Crippen LogP contribution is -2.72. The number of carbonyl (C=O) groups is 3. The molecule has 2 heterocycles. The number of hydrogen-bond acceptors (Lipinski definition) is 5. The second kappa shape index (κ2) is 15.8. The van der Waals surface area contributed by atoms with Gasteiger partial charge < -0.3 is 25.2 Å². The molecule has 0 aromatic heterocycles. The van der Waals surface area contributed by atoms with Gasteiger partial charge in [0.1, 0.15) is 18.2 Å². The third-order valence-electron chi connectivity index (χ3n) is 8.40. The van der Waals surface area contributed by atoms with Crippen molar-refractivity contribution in [3.05, 3.63) is 35.9 Å². The van der Waals surface area contributed by atoms with Gasteiger partial charge in [-0.05, 0) is 56.4 Å². The zero-order chi connectivity index (χ0) is 28.1. The van der Waals surface area contributed by atoms with Crippen LogP contribution < -0.4 is 10.6 Å². The van der Waals surface area contributed by atoms with Gasteiger partial charge in [-0.25, -0.2) is 4.79 Å². The molecule has 2 aliphatic rings. The van der Waals surface area contributed by atoms with E-state index < -0.39 is 17.7 Å². The number of piperidine rings is 1. The first-order valence-electron chi connectivity index (χ1n) is 15.2. The Hall–Kier alpha value is -2.61. The van der Waals surface area contributed by atoms with Gasteiger partial charge in [0.15, 0.2) is 0 Å². The van der Waals surface area contributed by atoms with Gasteiger partial charge in [0, 0.05) is 32.7 Å². The predicted octanol–water partition coefficient (Wildman–Crippen LogP) is 4.87. The first kappa shape index (κ1) is 30.9. The summed E-state index contributed by atoms with van der Waals surface area (Å²) >= 11 is 0. The van der Waals surface area contributed by atoms with Gasteiger partial charge in [-0.15, -0.1) is 0 Å².